The minimum Gasteiger partial charge on any atom is -0.874 e. The molecule has 5 aliphatic rings. The number of hydrogen-bond acceptors (Lipinski definition) is 8. The first-order valence-corrected chi connectivity index (χ1v) is 23.7. The number of hydrogen-bond donors (Lipinski definition) is 0. The molecule has 1 aromatic rings. The van der Waals surface area contributed by atoms with Gasteiger partial charge in [0.25, 0.3) is 0 Å². The van der Waals surface area contributed by atoms with Gasteiger partial charge in [0.05, 0.1) is 47.3 Å². The Balaban J connectivity index is 0.00000793. The molecule has 0 saturated heterocycles. The van der Waals surface area contributed by atoms with Gasteiger partial charge in [-0.25, -0.2) is 15.0 Å². The second-order valence-electron chi connectivity index (χ2n) is 19.0. The fourth-order valence-corrected chi connectivity index (χ4v) is 9.70. The molecule has 9 nitrogen and oxygen atoms in total. The van der Waals surface area contributed by atoms with Crippen molar-refractivity contribution in [2.75, 3.05) is 13.7 Å². The van der Waals surface area contributed by atoms with Crippen LogP contribution in [0.4, 0.5) is 0 Å². The van der Waals surface area contributed by atoms with Crippen LogP contribution in [-0.4, -0.2) is 65.8 Å². The van der Waals surface area contributed by atoms with Gasteiger partial charge in [-0.05, 0) is 130 Å². The van der Waals surface area contributed by atoms with E-state index in [-0.39, 0.29) is 54.2 Å². The van der Waals surface area contributed by atoms with Crippen LogP contribution in [0.3, 0.4) is 0 Å². The summed E-state index contributed by atoms with van der Waals surface area (Å²) in [5, 5.41) is 15.4. The number of methoxy groups -OCH3 is 1. The van der Waals surface area contributed by atoms with E-state index in [0.29, 0.717) is 44.7 Å². The number of aliphatic imine (C=N–C) groups is 3. The van der Waals surface area contributed by atoms with Gasteiger partial charge in [-0.2, -0.15) is 0 Å². The summed E-state index contributed by atoms with van der Waals surface area (Å²) < 4.78 is 11.0. The summed E-state index contributed by atoms with van der Waals surface area (Å²) in [4.78, 5) is 47.3. The van der Waals surface area contributed by atoms with Gasteiger partial charge in [0.1, 0.15) is 6.61 Å². The van der Waals surface area contributed by atoms with Crippen LogP contribution in [0, 0.1) is 30.6 Å². The van der Waals surface area contributed by atoms with E-state index in [1.807, 2.05) is 51.2 Å². The van der Waals surface area contributed by atoms with Crippen molar-refractivity contribution >= 4 is 63.8 Å². The summed E-state index contributed by atoms with van der Waals surface area (Å²) in [5.41, 5.74) is 12.3. The van der Waals surface area contributed by atoms with Crippen LogP contribution >= 0.6 is 0 Å². The van der Waals surface area contributed by atoms with Gasteiger partial charge in [-0.3, -0.25) is 9.59 Å². The molecular formula is C55H70MgN4O5. The van der Waals surface area contributed by atoms with E-state index in [0.717, 1.165) is 87.3 Å². The fraction of sp³-hybridized carbons (Fsp3) is 0.509. The predicted molar refractivity (Wildman–Crippen MR) is 265 cm³/mol. The molecule has 3 unspecified atom stereocenters. The van der Waals surface area contributed by atoms with Gasteiger partial charge in [-0.1, -0.05) is 115 Å². The quantitative estimate of drug-likeness (QED) is 0.0730. The van der Waals surface area contributed by atoms with Crippen molar-refractivity contribution in [2.24, 2.45) is 38.6 Å². The number of carbonyl (C=O) groups excluding carboxylic acids is 2. The molecule has 65 heavy (non-hydrogen) atoms. The third-order valence-corrected chi connectivity index (χ3v) is 13.8. The average Bonchev–Trinajstić information content (AvgIpc) is 3.99. The molecule has 8 bridgehead atoms. The predicted octanol–water partition coefficient (Wildman–Crippen LogP) is 9.43. The fourth-order valence-electron chi connectivity index (χ4n) is 9.70. The number of allylic oxidation sites excluding steroid dienone is 9. The number of rotatable bonds is 20. The molecule has 0 fully saturated rings. The Morgan fingerprint density at radius 2 is 1.51 bits per heavy atom. The summed E-state index contributed by atoms with van der Waals surface area (Å²) in [6, 6.07) is 0. The number of aromatic nitrogens is 1. The van der Waals surface area contributed by atoms with Crippen molar-refractivity contribution < 1.29 is 24.2 Å². The molecule has 0 N–H and O–H groups in total. The molecular weight excluding hydrogens is 821 g/mol. The zero-order chi connectivity index (χ0) is 46.4. The average molecular weight is 891 g/mol. The molecule has 1 aromatic heterocycles. The van der Waals surface area contributed by atoms with Crippen molar-refractivity contribution in [2.45, 2.75) is 146 Å². The first kappa shape index (κ1) is 51.4. The summed E-state index contributed by atoms with van der Waals surface area (Å²) in [7, 11) is 1.28. The molecule has 0 spiro atoms. The molecule has 0 radical (unpaired) electrons. The third-order valence-electron chi connectivity index (χ3n) is 13.8. The second kappa shape index (κ2) is 22.8. The van der Waals surface area contributed by atoms with Gasteiger partial charge in [-0.15, -0.1) is 16.5 Å². The molecule has 4 aliphatic heterocycles. The Morgan fingerprint density at radius 3 is 2.15 bits per heavy atom. The van der Waals surface area contributed by atoms with E-state index in [9.17, 15) is 14.7 Å². The minimum atomic E-state index is -1.25. The smallest absolute Gasteiger partial charge is 0.874 e. The summed E-state index contributed by atoms with van der Waals surface area (Å²) in [6.07, 6.45) is 22.1. The Bertz CT molecular complexity index is 2530. The number of nitrogens with zero attached hydrogens (tertiary/aromatic N) is 4. The largest absolute Gasteiger partial charge is 2.00 e. The third kappa shape index (κ3) is 11.5. The SMILES string of the molecule is C=CC1=C(C)C2=NC1=CC1=NC(=CC3=C(C)C4=C([O-])C(C(=O)OC)C(=c5[n-]c(c(C)c5CCC(=O)OC/C=C(\C)CCCC(C)CCCC(C)CCCC(C)C)=C2)C4=N3)C(CC)=C1C.[Mg+2]. The van der Waals surface area contributed by atoms with Crippen LogP contribution in [0.15, 0.2) is 108 Å². The number of esters is 2. The van der Waals surface area contributed by atoms with E-state index < -0.39 is 11.9 Å². The van der Waals surface area contributed by atoms with Crippen molar-refractivity contribution in [3.05, 3.63) is 115 Å². The Kier molecular flexibility index (Phi) is 18.0. The molecule has 0 amide bonds. The normalized spacial score (nSPS) is 19.0. The summed E-state index contributed by atoms with van der Waals surface area (Å²) in [6.45, 7) is 25.8. The maximum atomic E-state index is 14.3. The Hall–Kier alpha value is -4.54. The molecule has 6 rings (SSSR count). The van der Waals surface area contributed by atoms with E-state index in [2.05, 4.69) is 55.0 Å². The number of fused-ring (bicyclic) bond motifs is 5. The van der Waals surface area contributed by atoms with Gasteiger partial charge < -0.3 is 19.6 Å². The first-order valence-electron chi connectivity index (χ1n) is 23.7. The second-order valence-corrected chi connectivity index (χ2v) is 19.0. The maximum absolute atomic E-state index is 14.3. The van der Waals surface area contributed by atoms with Crippen molar-refractivity contribution in [1.29, 1.82) is 0 Å². The van der Waals surface area contributed by atoms with Crippen LogP contribution < -0.4 is 20.8 Å². The maximum Gasteiger partial charge on any atom is 2.00 e. The Labute approximate surface area is 404 Å². The van der Waals surface area contributed by atoms with E-state index in [1.54, 1.807) is 0 Å². The van der Waals surface area contributed by atoms with Gasteiger partial charge in [0.2, 0.25) is 0 Å². The monoisotopic (exact) mass is 891 g/mol. The minimum absolute atomic E-state index is 0. The zero-order valence-electron chi connectivity index (χ0n) is 41.1. The standard InChI is InChI=1S/C55H71N4O5.Mg/c1-13-39-35(8)42-28-44-37(10)41(24-25-48(60)64-27-26-34(7)23-17-22-33(6)21-16-20-32(5)19-15-18-31(3)4)52(58-44)50-51(55(62)63-12)54(61)49-38(11)45(59-53(49)50)30-47-40(14-2)36(9)43(57-47)29-46(39)56-42;/h13,26,28-33,51H,1,14-25,27H2,2-12H3,(H-,56,57,58,59,61);/q-1;+2/p-1/b34-26+,42-28?,43-29?,44-28?,45-30?,46-29?,47-30?,52-50?;. The molecule has 3 atom stereocenters. The van der Waals surface area contributed by atoms with Crippen molar-refractivity contribution in [3.63, 3.8) is 0 Å². The van der Waals surface area contributed by atoms with Crippen LogP contribution in [0.1, 0.15) is 144 Å². The summed E-state index contributed by atoms with van der Waals surface area (Å²) >= 11 is 0. The van der Waals surface area contributed by atoms with Crippen LogP contribution in [-0.2, 0) is 25.5 Å². The van der Waals surface area contributed by atoms with Crippen LogP contribution in [0.2, 0.25) is 0 Å². The van der Waals surface area contributed by atoms with Gasteiger partial charge in [0.15, 0.2) is 0 Å². The molecule has 0 aromatic carbocycles. The molecule has 10 heteroatoms. The van der Waals surface area contributed by atoms with E-state index >= 15 is 0 Å². The van der Waals surface area contributed by atoms with Crippen molar-refractivity contribution in [1.82, 2.24) is 4.98 Å². The number of ether oxygens (including phenoxy) is 2. The van der Waals surface area contributed by atoms with Crippen LogP contribution in [0.25, 0.3) is 11.6 Å². The zero-order valence-corrected chi connectivity index (χ0v) is 42.5. The summed E-state index contributed by atoms with van der Waals surface area (Å²) in [5.74, 6) is -0.331. The molecule has 342 valence electrons. The Morgan fingerprint density at radius 1 is 0.862 bits per heavy atom. The van der Waals surface area contributed by atoms with Crippen LogP contribution in [0.5, 0.6) is 0 Å². The van der Waals surface area contributed by atoms with Gasteiger partial charge in [0, 0.05) is 12.0 Å². The van der Waals surface area contributed by atoms with E-state index in [1.165, 1.54) is 57.6 Å². The number of carbonyl (C=O) groups is 2. The molecule has 5 heterocycles. The van der Waals surface area contributed by atoms with Crippen molar-refractivity contribution in [3.8, 4) is 0 Å². The topological polar surface area (TPSA) is 127 Å². The van der Waals surface area contributed by atoms with Gasteiger partial charge >= 0.3 is 35.0 Å². The first-order chi connectivity index (χ1) is 30.6. The molecule has 1 aliphatic carbocycles. The molecule has 0 saturated carbocycles. The van der Waals surface area contributed by atoms with E-state index in [4.69, 9.17) is 29.4 Å².